The lowest BCUT2D eigenvalue weighted by atomic mass is 9.99. The van der Waals surface area contributed by atoms with Crippen molar-refractivity contribution in [2.75, 3.05) is 0 Å². The van der Waals surface area contributed by atoms with Crippen molar-refractivity contribution in [3.05, 3.63) is 121 Å². The number of hydrogen-bond acceptors (Lipinski definition) is 1. The monoisotopic (exact) mass is 336 g/mol. The summed E-state index contributed by atoms with van der Waals surface area (Å²) in [6.45, 7) is 0. The van der Waals surface area contributed by atoms with Gasteiger partial charge in [-0.1, -0.05) is 109 Å². The highest BCUT2D eigenvalue weighted by Crippen LogP contribution is 2.25. The number of carbonyl (C=O) groups excluding carboxylic acids is 1. The number of hydrogen-bond donors (Lipinski definition) is 0. The van der Waals surface area contributed by atoms with Gasteiger partial charge >= 0.3 is 0 Å². The van der Waals surface area contributed by atoms with E-state index in [0.717, 1.165) is 11.8 Å². The van der Waals surface area contributed by atoms with Crippen LogP contribution >= 0.6 is 0 Å². The quantitative estimate of drug-likeness (QED) is 0.389. The van der Waals surface area contributed by atoms with Crippen molar-refractivity contribution in [1.82, 2.24) is 0 Å². The fourth-order valence-corrected chi connectivity index (χ4v) is 2.67. The molecule has 0 heterocycles. The van der Waals surface area contributed by atoms with Crippen LogP contribution in [0.1, 0.15) is 10.4 Å². The summed E-state index contributed by atoms with van der Waals surface area (Å²) in [6.07, 6.45) is 0.833. The van der Waals surface area contributed by atoms with Gasteiger partial charge in [-0.2, -0.15) is 0 Å². The van der Waals surface area contributed by atoms with Crippen molar-refractivity contribution < 1.29 is 4.79 Å². The molecule has 0 saturated carbocycles. The summed E-state index contributed by atoms with van der Waals surface area (Å²) < 4.78 is 0. The maximum Gasteiger partial charge on any atom is 0.150 e. The summed E-state index contributed by atoms with van der Waals surface area (Å²) in [4.78, 5) is 10.0. The molecule has 4 rings (SSSR count). The summed E-state index contributed by atoms with van der Waals surface area (Å²) in [5.41, 5.74) is 5.77. The van der Waals surface area contributed by atoms with Gasteiger partial charge in [-0.05, 0) is 28.3 Å². The molecule has 0 radical (unpaired) electrons. The predicted molar refractivity (Wildman–Crippen MR) is 109 cm³/mol. The van der Waals surface area contributed by atoms with Crippen molar-refractivity contribution in [3.8, 4) is 22.3 Å². The summed E-state index contributed by atoms with van der Waals surface area (Å²) in [7, 11) is 0. The lowest BCUT2D eigenvalue weighted by Gasteiger charge is -2.05. The molecule has 4 aromatic rings. The fraction of sp³-hybridized carbons (Fsp3) is 0. The largest absolute Gasteiger partial charge is 0.298 e. The molecule has 26 heavy (non-hydrogen) atoms. The van der Waals surface area contributed by atoms with Gasteiger partial charge in [0.25, 0.3) is 0 Å². The van der Waals surface area contributed by atoms with Crippen LogP contribution in [0.4, 0.5) is 0 Å². The Labute approximate surface area is 154 Å². The second-order valence-electron chi connectivity index (χ2n) is 5.84. The first-order chi connectivity index (χ1) is 12.9. The maximum atomic E-state index is 10.0. The van der Waals surface area contributed by atoms with Gasteiger partial charge in [0.1, 0.15) is 6.29 Å². The Hall–Kier alpha value is -3.45. The molecule has 4 aromatic carbocycles. The van der Waals surface area contributed by atoms with Crippen molar-refractivity contribution in [1.29, 1.82) is 0 Å². The van der Waals surface area contributed by atoms with Gasteiger partial charge in [-0.15, -0.1) is 0 Å². The molecule has 0 aliphatic heterocycles. The van der Waals surface area contributed by atoms with E-state index in [-0.39, 0.29) is 0 Å². The highest BCUT2D eigenvalue weighted by Gasteiger charge is 2.00. The first-order valence-electron chi connectivity index (χ1n) is 8.58. The van der Waals surface area contributed by atoms with E-state index in [0.29, 0.717) is 0 Å². The van der Waals surface area contributed by atoms with E-state index in [1.165, 1.54) is 22.3 Å². The fourth-order valence-electron chi connectivity index (χ4n) is 2.67. The van der Waals surface area contributed by atoms with E-state index < -0.39 is 0 Å². The lowest BCUT2D eigenvalue weighted by molar-refractivity contribution is 0.112. The van der Waals surface area contributed by atoms with Crippen LogP contribution in [-0.4, -0.2) is 6.29 Å². The third-order valence-corrected chi connectivity index (χ3v) is 4.01. The number of benzene rings is 4. The number of rotatable bonds is 3. The highest BCUT2D eigenvalue weighted by molar-refractivity contribution is 5.74. The summed E-state index contributed by atoms with van der Waals surface area (Å²) in [5.74, 6) is 0. The topological polar surface area (TPSA) is 17.1 Å². The minimum absolute atomic E-state index is 0.729. The standard InChI is InChI=1S/C18H14.C7H6O/c1-3-8-15(9-4-1)17-12-7-13-18(14-17)16-10-5-2-6-11-16;8-6-7-4-2-1-3-5-7/h1-14H;1-6H. The number of aldehydes is 1. The summed E-state index contributed by atoms with van der Waals surface area (Å²) >= 11 is 0. The van der Waals surface area contributed by atoms with Gasteiger partial charge in [0.15, 0.2) is 0 Å². The Morgan fingerprint density at radius 1 is 0.423 bits per heavy atom. The van der Waals surface area contributed by atoms with E-state index in [1.807, 2.05) is 30.3 Å². The SMILES string of the molecule is O=Cc1ccccc1.c1ccc(-c2cccc(-c3ccccc3)c2)cc1. The van der Waals surface area contributed by atoms with Crippen LogP contribution in [0, 0.1) is 0 Å². The Bertz CT molecular complexity index is 874. The molecule has 0 aliphatic rings. The second kappa shape index (κ2) is 9.14. The molecule has 0 atom stereocenters. The van der Waals surface area contributed by atoms with Gasteiger partial charge in [-0.3, -0.25) is 4.79 Å². The smallest absolute Gasteiger partial charge is 0.150 e. The van der Waals surface area contributed by atoms with Crippen LogP contribution in [0.5, 0.6) is 0 Å². The average molecular weight is 336 g/mol. The third kappa shape index (κ3) is 4.78. The first kappa shape index (κ1) is 17.4. The Balaban J connectivity index is 0.000000206. The molecule has 1 nitrogen and oxygen atoms in total. The molecular formula is C25H20O. The predicted octanol–water partition coefficient (Wildman–Crippen LogP) is 6.52. The molecule has 0 spiro atoms. The molecule has 0 unspecified atom stereocenters. The molecule has 0 saturated heterocycles. The minimum Gasteiger partial charge on any atom is -0.298 e. The van der Waals surface area contributed by atoms with E-state index >= 15 is 0 Å². The van der Waals surface area contributed by atoms with Gasteiger partial charge in [-0.25, -0.2) is 0 Å². The summed E-state index contributed by atoms with van der Waals surface area (Å²) in [6, 6.07) is 38.7. The van der Waals surface area contributed by atoms with Crippen molar-refractivity contribution in [3.63, 3.8) is 0 Å². The molecule has 0 aliphatic carbocycles. The summed E-state index contributed by atoms with van der Waals surface area (Å²) in [5, 5.41) is 0. The van der Waals surface area contributed by atoms with Crippen LogP contribution in [-0.2, 0) is 0 Å². The lowest BCUT2D eigenvalue weighted by Crippen LogP contribution is -1.80. The van der Waals surface area contributed by atoms with Gasteiger partial charge in [0.05, 0.1) is 0 Å². The van der Waals surface area contributed by atoms with Crippen LogP contribution in [0.15, 0.2) is 115 Å². The third-order valence-electron chi connectivity index (χ3n) is 4.01. The van der Waals surface area contributed by atoms with E-state index in [4.69, 9.17) is 0 Å². The molecule has 0 amide bonds. The maximum absolute atomic E-state index is 10.0. The molecule has 0 aromatic heterocycles. The zero-order valence-electron chi connectivity index (χ0n) is 14.5. The molecule has 1 heteroatoms. The van der Waals surface area contributed by atoms with Crippen LogP contribution in [0.3, 0.4) is 0 Å². The van der Waals surface area contributed by atoms with Gasteiger partial charge < -0.3 is 0 Å². The van der Waals surface area contributed by atoms with E-state index in [1.54, 1.807) is 12.1 Å². The Morgan fingerprint density at radius 3 is 1.19 bits per heavy atom. The van der Waals surface area contributed by atoms with Crippen LogP contribution in [0.25, 0.3) is 22.3 Å². The molecular weight excluding hydrogens is 316 g/mol. The molecule has 0 fully saturated rings. The molecule has 126 valence electrons. The van der Waals surface area contributed by atoms with E-state index in [2.05, 4.69) is 72.8 Å². The Kier molecular flexibility index (Phi) is 6.11. The van der Waals surface area contributed by atoms with Crippen molar-refractivity contribution >= 4 is 6.29 Å². The normalized spacial score (nSPS) is 9.69. The van der Waals surface area contributed by atoms with Crippen molar-refractivity contribution in [2.45, 2.75) is 0 Å². The zero-order chi connectivity index (χ0) is 18.0. The first-order valence-corrected chi connectivity index (χ1v) is 8.58. The number of carbonyl (C=O) groups is 1. The highest BCUT2D eigenvalue weighted by atomic mass is 16.1. The molecule has 0 bridgehead atoms. The van der Waals surface area contributed by atoms with Crippen LogP contribution < -0.4 is 0 Å². The minimum atomic E-state index is 0.729. The van der Waals surface area contributed by atoms with E-state index in [9.17, 15) is 4.79 Å². The second-order valence-corrected chi connectivity index (χ2v) is 5.84. The Morgan fingerprint density at radius 2 is 0.808 bits per heavy atom. The van der Waals surface area contributed by atoms with Gasteiger partial charge in [0.2, 0.25) is 0 Å². The van der Waals surface area contributed by atoms with Crippen LogP contribution in [0.2, 0.25) is 0 Å². The average Bonchev–Trinajstić information content (AvgIpc) is 2.76. The zero-order valence-corrected chi connectivity index (χ0v) is 14.5. The van der Waals surface area contributed by atoms with Crippen molar-refractivity contribution in [2.24, 2.45) is 0 Å². The van der Waals surface area contributed by atoms with Gasteiger partial charge in [0, 0.05) is 5.56 Å². The molecule has 0 N–H and O–H groups in total.